The van der Waals surface area contributed by atoms with Crippen LogP contribution in [-0.2, 0) is 4.79 Å². The molecule has 8 nitrogen and oxygen atoms in total. The summed E-state index contributed by atoms with van der Waals surface area (Å²) >= 11 is 0. The number of hydrogen-bond acceptors (Lipinski definition) is 4. The molecular weight excluding hydrogens is 296 g/mol. The topological polar surface area (TPSA) is 111 Å². The van der Waals surface area contributed by atoms with Gasteiger partial charge in [0.05, 0.1) is 29.3 Å². The fourth-order valence-electron chi connectivity index (χ4n) is 3.33. The molecule has 4 heterocycles. The number of nitrogens with one attached hydrogen (secondary N) is 2. The normalized spacial score (nSPS) is 17.9. The van der Waals surface area contributed by atoms with Gasteiger partial charge in [0.25, 0.3) is 0 Å². The van der Waals surface area contributed by atoms with Gasteiger partial charge in [-0.25, -0.2) is 9.78 Å². The number of pyridine rings is 1. The highest BCUT2D eigenvalue weighted by Crippen LogP contribution is 2.28. The van der Waals surface area contributed by atoms with Crippen molar-refractivity contribution in [3.05, 3.63) is 28.9 Å². The Hall–Kier alpha value is -3.08. The molecule has 0 saturated carbocycles. The maximum Gasteiger partial charge on any atom is 0.326 e. The molecule has 0 unspecified atom stereocenters. The van der Waals surface area contributed by atoms with E-state index in [1.807, 2.05) is 12.1 Å². The first-order valence-electron chi connectivity index (χ1n) is 7.40. The van der Waals surface area contributed by atoms with Crippen molar-refractivity contribution < 1.29 is 4.79 Å². The Balaban J connectivity index is 1.79. The molecule has 1 amide bonds. The number of likely N-dealkylation sites (tertiary alicyclic amines) is 1. The summed E-state index contributed by atoms with van der Waals surface area (Å²) in [6.45, 7) is 1.01. The number of carbonyl (C=O) groups is 1. The lowest BCUT2D eigenvalue weighted by Crippen LogP contribution is -2.30. The van der Waals surface area contributed by atoms with E-state index in [0.717, 1.165) is 16.6 Å². The van der Waals surface area contributed by atoms with E-state index in [1.165, 1.54) is 0 Å². The average molecular weight is 310 g/mol. The van der Waals surface area contributed by atoms with E-state index >= 15 is 0 Å². The third kappa shape index (κ3) is 2.01. The number of nitriles is 1. The van der Waals surface area contributed by atoms with Crippen LogP contribution in [0.25, 0.3) is 22.1 Å². The summed E-state index contributed by atoms with van der Waals surface area (Å²) in [4.78, 5) is 36.1. The molecule has 1 fully saturated rings. The highest BCUT2D eigenvalue weighted by atomic mass is 16.2. The monoisotopic (exact) mass is 310 g/mol. The fraction of sp³-hybridized carbons (Fsp3) is 0.333. The van der Waals surface area contributed by atoms with Crippen molar-refractivity contribution in [3.8, 4) is 6.07 Å². The van der Waals surface area contributed by atoms with Crippen molar-refractivity contribution in [1.82, 2.24) is 24.4 Å². The minimum absolute atomic E-state index is 0.0978. The van der Waals surface area contributed by atoms with Gasteiger partial charge in [0.2, 0.25) is 5.91 Å². The molecule has 1 aliphatic heterocycles. The van der Waals surface area contributed by atoms with Gasteiger partial charge in [0.1, 0.15) is 12.1 Å². The summed E-state index contributed by atoms with van der Waals surface area (Å²) in [6, 6.07) is 3.67. The van der Waals surface area contributed by atoms with Gasteiger partial charge in [0.15, 0.2) is 0 Å². The molecule has 8 heteroatoms. The van der Waals surface area contributed by atoms with Gasteiger partial charge in [-0.3, -0.25) is 9.36 Å². The van der Waals surface area contributed by atoms with Gasteiger partial charge in [-0.05, 0) is 12.5 Å². The van der Waals surface area contributed by atoms with Crippen LogP contribution in [0.4, 0.5) is 0 Å². The molecule has 0 aromatic carbocycles. The third-order valence-corrected chi connectivity index (χ3v) is 4.37. The lowest BCUT2D eigenvalue weighted by atomic mass is 10.2. The van der Waals surface area contributed by atoms with Crippen LogP contribution in [0, 0.1) is 11.3 Å². The van der Waals surface area contributed by atoms with Crippen LogP contribution in [0.15, 0.2) is 23.3 Å². The molecular formula is C15H14N6O2. The number of hydrogen-bond donors (Lipinski definition) is 2. The van der Waals surface area contributed by atoms with Crippen LogP contribution in [-0.4, -0.2) is 43.4 Å². The molecule has 3 aromatic rings. The molecule has 0 aliphatic carbocycles. The lowest BCUT2D eigenvalue weighted by Gasteiger charge is -2.15. The van der Waals surface area contributed by atoms with Crippen molar-refractivity contribution in [2.24, 2.45) is 0 Å². The highest BCUT2D eigenvalue weighted by Gasteiger charge is 2.29. The molecule has 2 N–H and O–H groups in total. The van der Waals surface area contributed by atoms with Gasteiger partial charge >= 0.3 is 5.69 Å². The van der Waals surface area contributed by atoms with Crippen molar-refractivity contribution >= 4 is 28.0 Å². The molecule has 0 spiro atoms. The molecule has 116 valence electrons. The Kier molecular flexibility index (Phi) is 2.94. The number of imidazole rings is 1. The summed E-state index contributed by atoms with van der Waals surface area (Å²) in [5.74, 6) is -0.184. The maximum atomic E-state index is 12.4. The number of aromatic nitrogens is 4. The highest BCUT2D eigenvalue weighted by molar-refractivity contribution is 6.00. The van der Waals surface area contributed by atoms with Crippen LogP contribution in [0.5, 0.6) is 0 Å². The Bertz CT molecular complexity index is 1000. The van der Waals surface area contributed by atoms with Gasteiger partial charge in [-0.1, -0.05) is 0 Å². The zero-order valence-corrected chi connectivity index (χ0v) is 12.2. The molecule has 23 heavy (non-hydrogen) atoms. The van der Waals surface area contributed by atoms with Gasteiger partial charge in [-0.2, -0.15) is 5.26 Å². The predicted molar refractivity (Wildman–Crippen MR) is 82.7 cm³/mol. The summed E-state index contributed by atoms with van der Waals surface area (Å²) < 4.78 is 1.72. The number of H-pyrrole nitrogens is 2. The van der Waals surface area contributed by atoms with Crippen molar-refractivity contribution in [3.63, 3.8) is 0 Å². The van der Waals surface area contributed by atoms with Crippen molar-refractivity contribution in [2.45, 2.75) is 18.9 Å². The number of nitrogens with zero attached hydrogens (tertiary/aromatic N) is 4. The number of aromatic amines is 2. The number of fused-ring (bicyclic) bond motifs is 3. The zero-order valence-electron chi connectivity index (χ0n) is 12.2. The van der Waals surface area contributed by atoms with E-state index < -0.39 is 0 Å². The Morgan fingerprint density at radius 2 is 2.39 bits per heavy atom. The second-order valence-corrected chi connectivity index (χ2v) is 5.68. The molecule has 1 saturated heterocycles. The molecule has 1 atom stereocenters. The van der Waals surface area contributed by atoms with E-state index in [9.17, 15) is 9.59 Å². The largest absolute Gasteiger partial charge is 0.346 e. The first-order valence-corrected chi connectivity index (χ1v) is 7.40. The van der Waals surface area contributed by atoms with Crippen molar-refractivity contribution in [2.75, 3.05) is 13.1 Å². The predicted octanol–water partition coefficient (Wildman–Crippen LogP) is 0.893. The molecule has 3 aromatic heterocycles. The lowest BCUT2D eigenvalue weighted by molar-refractivity contribution is -0.129. The molecule has 4 rings (SSSR count). The Labute approximate surface area is 130 Å². The van der Waals surface area contributed by atoms with E-state index in [-0.39, 0.29) is 24.1 Å². The van der Waals surface area contributed by atoms with Crippen molar-refractivity contribution in [1.29, 1.82) is 5.26 Å². The summed E-state index contributed by atoms with van der Waals surface area (Å²) in [5, 5.41) is 9.54. The molecule has 1 aliphatic rings. The second kappa shape index (κ2) is 4.98. The van der Waals surface area contributed by atoms with Crippen LogP contribution >= 0.6 is 0 Å². The van der Waals surface area contributed by atoms with Gasteiger partial charge in [0, 0.05) is 24.7 Å². The first kappa shape index (κ1) is 13.6. The average Bonchev–Trinajstić information content (AvgIpc) is 3.23. The minimum Gasteiger partial charge on any atom is -0.346 e. The minimum atomic E-state index is -0.199. The van der Waals surface area contributed by atoms with E-state index in [2.05, 4.69) is 15.0 Å². The summed E-state index contributed by atoms with van der Waals surface area (Å²) in [5.41, 5.74) is 2.01. The summed E-state index contributed by atoms with van der Waals surface area (Å²) in [7, 11) is 0. The quantitative estimate of drug-likeness (QED) is 0.732. The number of amides is 1. The third-order valence-electron chi connectivity index (χ3n) is 4.37. The Morgan fingerprint density at radius 1 is 1.52 bits per heavy atom. The van der Waals surface area contributed by atoms with Crippen LogP contribution < -0.4 is 5.69 Å². The van der Waals surface area contributed by atoms with E-state index in [1.54, 1.807) is 21.9 Å². The Morgan fingerprint density at radius 3 is 3.22 bits per heavy atom. The van der Waals surface area contributed by atoms with Gasteiger partial charge < -0.3 is 14.9 Å². The summed E-state index contributed by atoms with van der Waals surface area (Å²) in [6.07, 6.45) is 4.00. The second-order valence-electron chi connectivity index (χ2n) is 5.68. The number of carbonyl (C=O) groups excluding carboxylic acids is 1. The van der Waals surface area contributed by atoms with E-state index in [4.69, 9.17) is 5.26 Å². The zero-order chi connectivity index (χ0) is 16.0. The first-order chi connectivity index (χ1) is 11.2. The standard InChI is InChI=1S/C15H14N6O2/c16-4-1-12(22)20-6-3-9(8-20)21-13-10-2-5-17-14(10)18-7-11(13)19-15(21)23/h2,5,7,9H,1,3,6,8H2,(H,17,18)(H,19,23)/t9-/m0/s1. The van der Waals surface area contributed by atoms with Crippen LogP contribution in [0.2, 0.25) is 0 Å². The smallest absolute Gasteiger partial charge is 0.326 e. The maximum absolute atomic E-state index is 12.4. The van der Waals surface area contributed by atoms with Crippen LogP contribution in [0.3, 0.4) is 0 Å². The van der Waals surface area contributed by atoms with E-state index in [0.29, 0.717) is 25.0 Å². The number of rotatable bonds is 2. The molecule has 0 bridgehead atoms. The van der Waals surface area contributed by atoms with Crippen LogP contribution in [0.1, 0.15) is 18.9 Å². The van der Waals surface area contributed by atoms with Gasteiger partial charge in [-0.15, -0.1) is 0 Å². The molecule has 0 radical (unpaired) electrons. The fourth-order valence-corrected chi connectivity index (χ4v) is 3.33. The SMILES string of the molecule is N#CCC(=O)N1CC[C@H](n2c(=O)[nH]c3cnc4[nH]ccc4c32)C1.